The fraction of sp³-hybridized carbons (Fsp3) is 0.425. The van der Waals surface area contributed by atoms with Gasteiger partial charge >= 0.3 is 12.2 Å². The molecule has 0 aliphatic carbocycles. The Morgan fingerprint density at radius 1 is 1.02 bits per heavy atom. The number of nitriles is 1. The Bertz CT molecular complexity index is 2310. The van der Waals surface area contributed by atoms with Crippen molar-refractivity contribution in [3.63, 3.8) is 0 Å². The summed E-state index contributed by atoms with van der Waals surface area (Å²) in [6.07, 6.45) is 4.77. The second-order valence-electron chi connectivity index (χ2n) is 14.8. The van der Waals surface area contributed by atoms with Crippen LogP contribution in [0.3, 0.4) is 0 Å². The number of hydrogen-bond acceptors (Lipinski definition) is 9. The first kappa shape index (κ1) is 39.9. The number of nitrogens with zero attached hydrogens (tertiary/aromatic N) is 8. The molecule has 3 aliphatic heterocycles. The van der Waals surface area contributed by atoms with Gasteiger partial charge in [0, 0.05) is 63.6 Å². The molecule has 2 saturated heterocycles. The molecule has 2 amide bonds. The van der Waals surface area contributed by atoms with Crippen LogP contribution in [0.1, 0.15) is 60.3 Å². The number of anilines is 2. The number of sulfonamides is 1. The number of urea groups is 1. The zero-order valence-corrected chi connectivity index (χ0v) is 32.5. The number of hydrogen-bond donors (Lipinski definition) is 2. The number of nitrogens with one attached hydrogen (secondary N) is 2. The fourth-order valence-corrected chi connectivity index (χ4v) is 9.35. The van der Waals surface area contributed by atoms with E-state index in [0.29, 0.717) is 61.8 Å². The van der Waals surface area contributed by atoms with Crippen molar-refractivity contribution in [2.24, 2.45) is 7.05 Å². The number of aryl methyl sites for hydroxylation is 1. The van der Waals surface area contributed by atoms with Crippen molar-refractivity contribution in [1.29, 1.82) is 5.26 Å². The van der Waals surface area contributed by atoms with Crippen LogP contribution in [0.4, 0.5) is 29.7 Å². The van der Waals surface area contributed by atoms with E-state index in [1.54, 1.807) is 17.0 Å². The standard InChI is InChI=1S/C40H45F3N10O3S/c1-27(26-51-16-10-28(11-17-51)29-7-9-35-36(22-29)50(2)49-37(35)53-15-5-3-4-14-45-39(53)54)20-31-21-34(8-6-30(31)23-44)57(55,56)52-18-12-33(13-19-52)48-38-46-24-32(25-47-38)40(41,42)43/h3-4,6-9,21-22,24-25,28,33H,1,5,10-20,26H2,2H3,(H,45,54)(H,46,47,48)/b4-3+. The van der Waals surface area contributed by atoms with Crippen LogP contribution in [-0.4, -0.2) is 95.3 Å². The van der Waals surface area contributed by atoms with Crippen LogP contribution >= 0.6 is 0 Å². The molecule has 2 N–H and O–H groups in total. The topological polar surface area (TPSA) is 152 Å². The molecule has 2 aromatic heterocycles. The van der Waals surface area contributed by atoms with Gasteiger partial charge in [-0.1, -0.05) is 30.4 Å². The molecular formula is C40H45F3N10O3S. The van der Waals surface area contributed by atoms with Gasteiger partial charge in [0.05, 0.1) is 27.6 Å². The molecule has 0 bridgehead atoms. The second-order valence-corrected chi connectivity index (χ2v) is 16.8. The minimum absolute atomic E-state index is 0.0533. The summed E-state index contributed by atoms with van der Waals surface area (Å²) in [6.45, 7) is 8.09. The molecule has 0 radical (unpaired) electrons. The van der Waals surface area contributed by atoms with E-state index in [2.05, 4.69) is 62.4 Å². The molecule has 0 spiro atoms. The van der Waals surface area contributed by atoms with Crippen molar-refractivity contribution in [1.82, 2.24) is 34.3 Å². The van der Waals surface area contributed by atoms with E-state index in [1.807, 2.05) is 17.8 Å². The summed E-state index contributed by atoms with van der Waals surface area (Å²) in [7, 11) is -1.97. The maximum absolute atomic E-state index is 13.7. The van der Waals surface area contributed by atoms with Gasteiger partial charge in [0.1, 0.15) is 0 Å². The van der Waals surface area contributed by atoms with Crippen molar-refractivity contribution in [3.8, 4) is 6.07 Å². The largest absolute Gasteiger partial charge is 0.419 e. The van der Waals surface area contributed by atoms with Crippen LogP contribution in [0, 0.1) is 11.3 Å². The van der Waals surface area contributed by atoms with Gasteiger partial charge in [-0.3, -0.25) is 14.5 Å². The number of benzene rings is 2. The average Bonchev–Trinajstić information content (AvgIpc) is 3.51. The highest BCUT2D eigenvalue weighted by Gasteiger charge is 2.33. The number of amides is 2. The van der Waals surface area contributed by atoms with Crippen LogP contribution in [0.5, 0.6) is 0 Å². The number of rotatable bonds is 10. The predicted octanol–water partition coefficient (Wildman–Crippen LogP) is 5.97. The Morgan fingerprint density at radius 2 is 1.75 bits per heavy atom. The Labute approximate surface area is 329 Å². The van der Waals surface area contributed by atoms with Crippen molar-refractivity contribution in [2.75, 3.05) is 56.0 Å². The molecule has 300 valence electrons. The molecule has 57 heavy (non-hydrogen) atoms. The van der Waals surface area contributed by atoms with Crippen LogP contribution in [0.2, 0.25) is 0 Å². The van der Waals surface area contributed by atoms with Gasteiger partial charge < -0.3 is 10.6 Å². The lowest BCUT2D eigenvalue weighted by Crippen LogP contribution is -2.42. The molecule has 2 aromatic carbocycles. The summed E-state index contributed by atoms with van der Waals surface area (Å²) in [4.78, 5) is 24.5. The number of piperidine rings is 2. The van der Waals surface area contributed by atoms with E-state index in [9.17, 15) is 31.6 Å². The normalized spacial score (nSPS) is 18.8. The zero-order chi connectivity index (χ0) is 40.3. The van der Waals surface area contributed by atoms with E-state index < -0.39 is 21.8 Å². The van der Waals surface area contributed by atoms with Gasteiger partial charge in [-0.05, 0) is 99.0 Å². The highest BCUT2D eigenvalue weighted by atomic mass is 32.2. The van der Waals surface area contributed by atoms with Crippen molar-refractivity contribution < 1.29 is 26.4 Å². The van der Waals surface area contributed by atoms with E-state index in [1.165, 1.54) is 15.9 Å². The van der Waals surface area contributed by atoms with Gasteiger partial charge in [0.15, 0.2) is 5.82 Å². The van der Waals surface area contributed by atoms with Crippen LogP contribution < -0.4 is 15.5 Å². The first-order valence-corrected chi connectivity index (χ1v) is 20.5. The smallest absolute Gasteiger partial charge is 0.351 e. The quantitative estimate of drug-likeness (QED) is 0.185. The highest BCUT2D eigenvalue weighted by Crippen LogP contribution is 2.34. The Kier molecular flexibility index (Phi) is 11.7. The minimum Gasteiger partial charge on any atom is -0.351 e. The minimum atomic E-state index is -4.53. The molecule has 3 aliphatic rings. The third-order valence-corrected chi connectivity index (χ3v) is 12.9. The zero-order valence-electron chi connectivity index (χ0n) is 31.7. The average molecular weight is 803 g/mol. The number of fused-ring (bicyclic) bond motifs is 1. The van der Waals surface area contributed by atoms with E-state index in [0.717, 1.165) is 61.2 Å². The Morgan fingerprint density at radius 3 is 2.46 bits per heavy atom. The van der Waals surface area contributed by atoms with Crippen LogP contribution in [-0.2, 0) is 29.7 Å². The summed E-state index contributed by atoms with van der Waals surface area (Å²) in [5, 5.41) is 21.5. The summed E-state index contributed by atoms with van der Waals surface area (Å²) in [5.41, 5.74) is 3.15. The van der Waals surface area contributed by atoms with Gasteiger partial charge in [0.25, 0.3) is 0 Å². The van der Waals surface area contributed by atoms with Gasteiger partial charge in [0.2, 0.25) is 16.0 Å². The third kappa shape index (κ3) is 8.98. The summed E-state index contributed by atoms with van der Waals surface area (Å²) in [5.74, 6) is 1.07. The van der Waals surface area contributed by atoms with Crippen molar-refractivity contribution in [2.45, 2.75) is 61.6 Å². The summed E-state index contributed by atoms with van der Waals surface area (Å²) < 4.78 is 69.3. The van der Waals surface area contributed by atoms with Gasteiger partial charge in [-0.25, -0.2) is 23.2 Å². The first-order chi connectivity index (χ1) is 27.3. The maximum atomic E-state index is 13.7. The second kappa shape index (κ2) is 16.7. The molecule has 17 heteroatoms. The number of aromatic nitrogens is 4. The number of carbonyl (C=O) groups excluding carboxylic acids is 1. The van der Waals surface area contributed by atoms with Crippen molar-refractivity contribution >= 4 is 38.7 Å². The molecule has 13 nitrogen and oxygen atoms in total. The Balaban J connectivity index is 0.931. The molecule has 5 heterocycles. The van der Waals surface area contributed by atoms with Crippen LogP contribution in [0.25, 0.3) is 10.9 Å². The molecule has 2 fully saturated rings. The number of alkyl halides is 3. The van der Waals surface area contributed by atoms with Gasteiger partial charge in [-0.2, -0.15) is 27.8 Å². The monoisotopic (exact) mass is 802 g/mol. The number of likely N-dealkylation sites (tertiary alicyclic amines) is 1. The molecule has 0 saturated carbocycles. The lowest BCUT2D eigenvalue weighted by molar-refractivity contribution is -0.138. The third-order valence-electron chi connectivity index (χ3n) is 11.0. The highest BCUT2D eigenvalue weighted by molar-refractivity contribution is 7.89. The van der Waals surface area contributed by atoms with E-state index in [4.69, 9.17) is 5.10 Å². The number of halogens is 3. The maximum Gasteiger partial charge on any atom is 0.419 e. The lowest BCUT2D eigenvalue weighted by Gasteiger charge is -2.33. The van der Waals surface area contributed by atoms with Gasteiger partial charge in [-0.15, -0.1) is 0 Å². The molecule has 4 aromatic rings. The van der Waals surface area contributed by atoms with Crippen LogP contribution in [0.15, 0.2) is 78.0 Å². The molecule has 0 unspecified atom stereocenters. The Hall–Kier alpha value is -5.31. The number of carbonyl (C=O) groups is 1. The summed E-state index contributed by atoms with van der Waals surface area (Å²) in [6, 6.07) is 12.8. The van der Waals surface area contributed by atoms with Crippen molar-refractivity contribution in [3.05, 3.63) is 95.3 Å². The molecule has 0 atom stereocenters. The SMILES string of the molecule is C=C(Cc1cc(S(=O)(=O)N2CCC(Nc3ncc(C(F)(F)F)cn3)CC2)ccc1C#N)CN1CCC(c2ccc3c(N4CC/C=C/CNC4=O)nn(C)c3c2)CC1. The molecular weight excluding hydrogens is 758 g/mol. The fourth-order valence-electron chi connectivity index (χ4n) is 7.83. The predicted molar refractivity (Wildman–Crippen MR) is 210 cm³/mol. The van der Waals surface area contributed by atoms with E-state index >= 15 is 0 Å². The first-order valence-electron chi connectivity index (χ1n) is 19.0. The summed E-state index contributed by atoms with van der Waals surface area (Å²) >= 11 is 0. The molecule has 7 rings (SSSR count). The lowest BCUT2D eigenvalue weighted by atomic mass is 9.88. The van der Waals surface area contributed by atoms with E-state index in [-0.39, 0.29) is 36.0 Å².